The summed E-state index contributed by atoms with van der Waals surface area (Å²) in [6.07, 6.45) is 3.72. The standard InChI is InChI=1S/C35H52O3Si2.C26H32O2Si.C8H16Si.2CO2/c1-11-29-19-18-20-30(33(29)38-28(2)27-37-39(9,10)34(3,4)5)25-26-36-40(35(6,7)8,31-21-14-12-15-22-31)32-23-16-13-17-24-32;1-5-21-13-12-14-22(25(21)27)19-20-28-29(26(2,3)4,23-15-8-6-9-16-23)24-17-10-7-11-18-24;1-8(2)6-7-9(3,4)5;2*2-1-3/h12-24,28H,11,25-27H2,1-10H3;6-18,27H,5,19-20H2,1-4H3;8H,1-5H3;;. The van der Waals surface area contributed by atoms with E-state index >= 15 is 0 Å². The van der Waals surface area contributed by atoms with Crippen LogP contribution in [0.15, 0.2) is 158 Å². The number of aryl methyl sites for hydroxylation is 2. The number of phenolic OH excluding ortho intramolecular Hbond substituents is 1. The van der Waals surface area contributed by atoms with Gasteiger partial charge in [-0.05, 0) is 104 Å². The molecule has 0 radical (unpaired) electrons. The molecule has 0 aliphatic heterocycles. The molecule has 6 aromatic carbocycles. The van der Waals surface area contributed by atoms with Crippen molar-refractivity contribution in [3.63, 3.8) is 0 Å². The van der Waals surface area contributed by atoms with Crippen molar-refractivity contribution >= 4 is 66.1 Å². The first-order chi connectivity index (χ1) is 39.4. The van der Waals surface area contributed by atoms with E-state index in [1.54, 1.807) is 0 Å². The van der Waals surface area contributed by atoms with Crippen LogP contribution in [0.3, 0.4) is 0 Å². The van der Waals surface area contributed by atoms with Crippen molar-refractivity contribution in [2.24, 2.45) is 5.92 Å². The molecule has 0 saturated heterocycles. The fraction of sp³-hybridized carbons (Fsp3) is 0.437. The fourth-order valence-corrected chi connectivity index (χ4v) is 20.6. The predicted molar refractivity (Wildman–Crippen MR) is 357 cm³/mol. The number of rotatable bonds is 19. The zero-order valence-corrected chi connectivity index (χ0v) is 58.3. The summed E-state index contributed by atoms with van der Waals surface area (Å²) in [5.74, 6) is 5.16. The molecule has 0 amide bonds. The van der Waals surface area contributed by atoms with Crippen LogP contribution in [-0.2, 0) is 58.1 Å². The van der Waals surface area contributed by atoms with Crippen LogP contribution in [0.25, 0.3) is 0 Å². The molecule has 0 spiro atoms. The molecule has 0 fully saturated rings. The molecule has 1 atom stereocenters. The maximum Gasteiger partial charge on any atom is 0.373 e. The van der Waals surface area contributed by atoms with Gasteiger partial charge in [-0.15, -0.1) is 11.5 Å². The predicted octanol–water partition coefficient (Wildman–Crippen LogP) is 14.6. The second-order valence-corrected chi connectivity index (χ2v) is 44.1. The fourth-order valence-electron chi connectivity index (χ4n) is 9.69. The van der Waals surface area contributed by atoms with Crippen LogP contribution in [0.2, 0.25) is 47.8 Å². The van der Waals surface area contributed by atoms with E-state index < -0.39 is 33.0 Å². The number of ether oxygens (including phenoxy) is 1. The number of hydrogen-bond donors (Lipinski definition) is 1. The van der Waals surface area contributed by atoms with Gasteiger partial charge in [0.15, 0.2) is 8.32 Å². The van der Waals surface area contributed by atoms with Crippen molar-refractivity contribution in [1.29, 1.82) is 0 Å². The van der Waals surface area contributed by atoms with E-state index in [0.29, 0.717) is 37.9 Å². The second kappa shape index (κ2) is 34.8. The van der Waals surface area contributed by atoms with Crippen molar-refractivity contribution < 1.29 is 42.3 Å². The average Bonchev–Trinajstić information content (AvgIpc) is 1.40. The molecule has 84 heavy (non-hydrogen) atoms. The molecule has 6 rings (SSSR count). The van der Waals surface area contributed by atoms with Crippen molar-refractivity contribution in [2.75, 3.05) is 19.8 Å². The maximum absolute atomic E-state index is 10.6. The lowest BCUT2D eigenvalue weighted by molar-refractivity contribution is -0.193. The lowest BCUT2D eigenvalue weighted by Gasteiger charge is -2.43. The molecule has 9 nitrogen and oxygen atoms in total. The van der Waals surface area contributed by atoms with Crippen molar-refractivity contribution in [1.82, 2.24) is 0 Å². The molecule has 0 aliphatic carbocycles. The van der Waals surface area contributed by atoms with Gasteiger partial charge >= 0.3 is 12.3 Å². The van der Waals surface area contributed by atoms with E-state index in [-0.39, 0.29) is 33.5 Å². The van der Waals surface area contributed by atoms with Crippen LogP contribution in [0, 0.1) is 17.4 Å². The molecular weight excluding hydrogens is 1110 g/mol. The van der Waals surface area contributed by atoms with Crippen molar-refractivity contribution in [3.05, 3.63) is 180 Å². The topological polar surface area (TPSA) is 125 Å². The van der Waals surface area contributed by atoms with Crippen LogP contribution in [-0.4, -0.2) is 76.4 Å². The Labute approximate surface area is 510 Å². The highest BCUT2D eigenvalue weighted by Crippen LogP contribution is 2.40. The number of phenols is 1. The summed E-state index contributed by atoms with van der Waals surface area (Å²) in [7, 11) is -8.03. The summed E-state index contributed by atoms with van der Waals surface area (Å²) >= 11 is 0. The Hall–Kier alpha value is -6.01. The minimum Gasteiger partial charge on any atom is -0.507 e. The molecule has 0 saturated carbocycles. The highest BCUT2D eigenvalue weighted by molar-refractivity contribution is 7.00. The van der Waals surface area contributed by atoms with Gasteiger partial charge < -0.3 is 23.1 Å². The molecule has 13 heteroatoms. The zero-order valence-electron chi connectivity index (χ0n) is 54.3. The third kappa shape index (κ3) is 22.1. The van der Waals surface area contributed by atoms with Gasteiger partial charge in [0, 0.05) is 19.1 Å². The first kappa shape index (κ1) is 74.1. The Kier molecular flexibility index (Phi) is 30.7. The van der Waals surface area contributed by atoms with E-state index in [2.05, 4.69) is 281 Å². The van der Waals surface area contributed by atoms with Crippen molar-refractivity contribution in [2.45, 2.75) is 177 Å². The third-order valence-corrected chi connectivity index (χ3v) is 30.4. The van der Waals surface area contributed by atoms with Gasteiger partial charge in [-0.25, -0.2) is 0 Å². The van der Waals surface area contributed by atoms with Gasteiger partial charge in [0.05, 0.1) is 6.61 Å². The number of hydrogen-bond acceptors (Lipinski definition) is 9. The summed E-state index contributed by atoms with van der Waals surface area (Å²) in [6.45, 7) is 44.5. The van der Waals surface area contributed by atoms with E-state index in [9.17, 15) is 5.11 Å². The molecular formula is C71H100O9Si4. The Balaban J connectivity index is 0.000000474. The lowest BCUT2D eigenvalue weighted by Crippen LogP contribution is -2.66. The lowest BCUT2D eigenvalue weighted by atomic mass is 10.0. The maximum atomic E-state index is 10.6. The van der Waals surface area contributed by atoms with Crippen LogP contribution >= 0.6 is 0 Å². The third-order valence-electron chi connectivity index (χ3n) is 14.9. The highest BCUT2D eigenvalue weighted by atomic mass is 28.4. The molecule has 0 bridgehead atoms. The molecule has 0 heterocycles. The number of carbonyl (C=O) groups excluding carboxylic acids is 4. The van der Waals surface area contributed by atoms with Crippen LogP contribution in [0.5, 0.6) is 11.5 Å². The number of para-hydroxylation sites is 2. The highest BCUT2D eigenvalue weighted by Gasteiger charge is 2.51. The van der Waals surface area contributed by atoms with E-state index in [1.807, 2.05) is 18.2 Å². The molecule has 1 N–H and O–H groups in total. The summed E-state index contributed by atoms with van der Waals surface area (Å²) in [5, 5.41) is 15.8. The van der Waals surface area contributed by atoms with Crippen molar-refractivity contribution in [3.8, 4) is 23.0 Å². The summed E-state index contributed by atoms with van der Waals surface area (Å²) in [4.78, 5) is 32.5. The second-order valence-electron chi connectivity index (χ2n) is 25.9. The summed E-state index contributed by atoms with van der Waals surface area (Å²) in [5.41, 5.74) is 7.71. The molecule has 454 valence electrons. The largest absolute Gasteiger partial charge is 0.507 e. The van der Waals surface area contributed by atoms with Crippen LogP contribution < -0.4 is 25.5 Å². The molecule has 6 aromatic rings. The smallest absolute Gasteiger partial charge is 0.373 e. The van der Waals surface area contributed by atoms with Gasteiger partial charge in [0.2, 0.25) is 0 Å². The summed E-state index contributed by atoms with van der Waals surface area (Å²) in [6, 6.07) is 55.6. The monoisotopic (exact) mass is 1210 g/mol. The number of aromatic hydroxyl groups is 1. The van der Waals surface area contributed by atoms with Gasteiger partial charge in [-0.3, -0.25) is 0 Å². The Bertz CT molecular complexity index is 2880. The minimum atomic E-state index is -2.58. The summed E-state index contributed by atoms with van der Waals surface area (Å²) < 4.78 is 27.3. The Morgan fingerprint density at radius 3 is 1.10 bits per heavy atom. The quantitative estimate of drug-likeness (QED) is 0.0623. The zero-order chi connectivity index (χ0) is 63.4. The van der Waals surface area contributed by atoms with Gasteiger partial charge in [-0.1, -0.05) is 267 Å². The Morgan fingerprint density at radius 1 is 0.452 bits per heavy atom. The van der Waals surface area contributed by atoms with E-state index in [4.69, 9.17) is 37.2 Å². The average molecular weight is 1210 g/mol. The van der Waals surface area contributed by atoms with Gasteiger partial charge in [0.25, 0.3) is 16.6 Å². The van der Waals surface area contributed by atoms with Gasteiger partial charge in [0.1, 0.15) is 25.7 Å². The Morgan fingerprint density at radius 2 is 0.786 bits per heavy atom. The first-order valence-corrected chi connectivity index (χ1v) is 39.8. The SMILES string of the molecule is CC(C)C#C[Si](C)(C)C.CCc1cccc(CCO[Si](c2ccccc2)(c2ccccc2)C(C)(C)C)c1O.CCc1cccc(CCO[Si](c2ccccc2)(c2ccccc2)C(C)(C)C)c1OC(C)CO[Si](C)(C)C(C)(C)C.O=C=O.O=C=O. The van der Waals surface area contributed by atoms with Crippen LogP contribution in [0.4, 0.5) is 0 Å². The molecule has 0 aliphatic rings. The number of benzene rings is 6. The first-order valence-electron chi connectivity index (χ1n) is 29.6. The van der Waals surface area contributed by atoms with Crippen LogP contribution in [0.1, 0.15) is 119 Å². The molecule has 1 unspecified atom stereocenters. The molecule has 0 aromatic heterocycles. The normalized spacial score (nSPS) is 12.1. The van der Waals surface area contributed by atoms with E-state index in [0.717, 1.165) is 36.1 Å². The minimum absolute atomic E-state index is 0.0295. The van der Waals surface area contributed by atoms with E-state index in [1.165, 1.54) is 31.9 Å². The van der Waals surface area contributed by atoms with Gasteiger partial charge in [-0.2, -0.15) is 19.2 Å².